The van der Waals surface area contributed by atoms with Crippen molar-refractivity contribution in [3.8, 4) is 0 Å². The highest BCUT2D eigenvalue weighted by Crippen LogP contribution is 2.21. The maximum atomic E-state index is 12.9. The second kappa shape index (κ2) is 11.0. The van der Waals surface area contributed by atoms with Crippen LogP contribution in [0, 0.1) is 5.82 Å². The summed E-state index contributed by atoms with van der Waals surface area (Å²) >= 11 is 0. The fourth-order valence-electron chi connectivity index (χ4n) is 2.54. The molecule has 2 aliphatic rings. The van der Waals surface area contributed by atoms with Gasteiger partial charge in [0.15, 0.2) is 12.2 Å². The number of carbonyl (C=O) groups excluding carboxylic acids is 2. The molecule has 0 unspecified atom stereocenters. The average molecular weight is 396 g/mol. The van der Waals surface area contributed by atoms with Crippen molar-refractivity contribution in [2.24, 2.45) is 0 Å². The van der Waals surface area contributed by atoms with Gasteiger partial charge >= 0.3 is 5.97 Å². The molecule has 0 atom stereocenters. The molecule has 1 aromatic rings. The first-order chi connectivity index (χ1) is 13.5. The van der Waals surface area contributed by atoms with Crippen molar-refractivity contribution in [3.05, 3.63) is 41.5 Å². The van der Waals surface area contributed by atoms with E-state index in [2.05, 4.69) is 10.2 Å². The zero-order valence-corrected chi connectivity index (χ0v) is 15.1. The molecule has 0 spiro atoms. The highest BCUT2D eigenvalue weighted by Gasteiger charge is 2.32. The fraction of sp³-hybridized carbons (Fsp3) is 0.389. The highest BCUT2D eigenvalue weighted by atomic mass is 19.1. The fourth-order valence-corrected chi connectivity index (χ4v) is 2.54. The number of carbonyl (C=O) groups is 3. The molecule has 3 rings (SSSR count). The van der Waals surface area contributed by atoms with Crippen molar-refractivity contribution < 1.29 is 38.1 Å². The number of benzene rings is 1. The number of rotatable bonds is 6. The van der Waals surface area contributed by atoms with Crippen LogP contribution in [0.3, 0.4) is 0 Å². The Labute approximate surface area is 160 Å². The summed E-state index contributed by atoms with van der Waals surface area (Å²) in [5.74, 6) is -1.51. The highest BCUT2D eigenvalue weighted by molar-refractivity contribution is 6.19. The average Bonchev–Trinajstić information content (AvgIpc) is 3.05. The van der Waals surface area contributed by atoms with Crippen LogP contribution in [0.5, 0.6) is 0 Å². The van der Waals surface area contributed by atoms with Crippen LogP contribution < -0.4 is 5.32 Å². The number of anilines is 1. The van der Waals surface area contributed by atoms with Gasteiger partial charge in [-0.1, -0.05) is 0 Å². The number of ketones is 1. The lowest BCUT2D eigenvalue weighted by Crippen LogP contribution is -2.38. The zero-order valence-electron chi connectivity index (χ0n) is 15.1. The van der Waals surface area contributed by atoms with Crippen molar-refractivity contribution in [2.75, 3.05) is 51.4 Å². The van der Waals surface area contributed by atoms with Crippen molar-refractivity contribution in [1.82, 2.24) is 4.90 Å². The molecular weight excluding hydrogens is 375 g/mol. The van der Waals surface area contributed by atoms with E-state index in [-0.39, 0.29) is 37.0 Å². The van der Waals surface area contributed by atoms with E-state index < -0.39 is 11.8 Å². The number of esters is 1. The standard InChI is InChI=1S/C17H19FN2O5.CH2O2/c18-12-1-3-13(4-2-12)19-16-15(14(21)11-25-16)17(22)24-10-7-20-5-8-23-9-6-20;2-1-3/h1-4,19H,5-11H2;1H,(H,2,3). The van der Waals surface area contributed by atoms with Gasteiger partial charge in [-0.25, -0.2) is 9.18 Å². The number of hydrogen-bond donors (Lipinski definition) is 2. The Balaban J connectivity index is 0.000000878. The van der Waals surface area contributed by atoms with Crippen LogP contribution >= 0.6 is 0 Å². The van der Waals surface area contributed by atoms with Crippen LogP contribution in [0.1, 0.15) is 0 Å². The van der Waals surface area contributed by atoms with Crippen LogP contribution in [0.15, 0.2) is 35.7 Å². The molecule has 9 nitrogen and oxygen atoms in total. The van der Waals surface area contributed by atoms with Crippen LogP contribution in [-0.4, -0.2) is 74.3 Å². The number of carboxylic acid groups (broad SMARTS) is 1. The topological polar surface area (TPSA) is 114 Å². The number of nitrogens with one attached hydrogen (secondary N) is 1. The van der Waals surface area contributed by atoms with Gasteiger partial charge in [0.05, 0.1) is 13.2 Å². The molecule has 0 saturated carbocycles. The van der Waals surface area contributed by atoms with Crippen LogP contribution in [0.4, 0.5) is 10.1 Å². The first kappa shape index (κ1) is 21.3. The van der Waals surface area contributed by atoms with E-state index in [9.17, 15) is 14.0 Å². The second-order valence-electron chi connectivity index (χ2n) is 5.74. The molecule has 1 aromatic carbocycles. The number of hydrogen-bond acceptors (Lipinski definition) is 8. The number of halogens is 1. The van der Waals surface area contributed by atoms with Crippen LogP contribution in [0.2, 0.25) is 0 Å². The summed E-state index contributed by atoms with van der Waals surface area (Å²) in [6, 6.07) is 5.49. The smallest absolute Gasteiger partial charge is 0.347 e. The molecule has 10 heteroatoms. The number of morpholine rings is 1. The van der Waals surface area contributed by atoms with Gasteiger partial charge < -0.3 is 24.6 Å². The molecule has 0 radical (unpaired) electrons. The molecule has 2 N–H and O–H groups in total. The van der Waals surface area contributed by atoms with E-state index >= 15 is 0 Å². The molecule has 152 valence electrons. The lowest BCUT2D eigenvalue weighted by Gasteiger charge is -2.26. The van der Waals surface area contributed by atoms with Gasteiger partial charge in [0.25, 0.3) is 6.47 Å². The molecular formula is C18H21FN2O7. The lowest BCUT2D eigenvalue weighted by molar-refractivity contribution is -0.141. The Kier molecular flexibility index (Phi) is 8.37. The SMILES string of the molecule is O=C1COC(Nc2ccc(F)cc2)=C1C(=O)OCCN1CCOCC1.O=CO. The van der Waals surface area contributed by atoms with Crippen LogP contribution in [-0.2, 0) is 28.6 Å². The Bertz CT molecular complexity index is 715. The Hall–Kier alpha value is -2.98. The molecule has 0 amide bonds. The minimum Gasteiger partial charge on any atom is -0.483 e. The zero-order chi connectivity index (χ0) is 20.4. The maximum Gasteiger partial charge on any atom is 0.347 e. The van der Waals surface area contributed by atoms with E-state index in [1.807, 2.05) is 0 Å². The predicted molar refractivity (Wildman–Crippen MR) is 94.9 cm³/mol. The monoisotopic (exact) mass is 396 g/mol. The van der Waals surface area contributed by atoms with Gasteiger partial charge in [0, 0.05) is 25.3 Å². The molecule has 28 heavy (non-hydrogen) atoms. The van der Waals surface area contributed by atoms with Gasteiger partial charge in [-0.3, -0.25) is 14.5 Å². The Morgan fingerprint density at radius 1 is 1.29 bits per heavy atom. The summed E-state index contributed by atoms with van der Waals surface area (Å²) < 4.78 is 28.6. The molecule has 0 aliphatic carbocycles. The van der Waals surface area contributed by atoms with Gasteiger partial charge in [-0.2, -0.15) is 0 Å². The quantitative estimate of drug-likeness (QED) is 0.406. The summed E-state index contributed by atoms with van der Waals surface area (Å²) in [4.78, 5) is 34.6. The first-order valence-corrected chi connectivity index (χ1v) is 8.53. The van der Waals surface area contributed by atoms with Crippen LogP contribution in [0.25, 0.3) is 0 Å². The second-order valence-corrected chi connectivity index (χ2v) is 5.74. The summed E-state index contributed by atoms with van der Waals surface area (Å²) in [7, 11) is 0. The van der Waals surface area contributed by atoms with Gasteiger partial charge in [0.1, 0.15) is 12.4 Å². The van der Waals surface area contributed by atoms with Crippen molar-refractivity contribution in [1.29, 1.82) is 0 Å². The van der Waals surface area contributed by atoms with Crippen molar-refractivity contribution in [3.63, 3.8) is 0 Å². The lowest BCUT2D eigenvalue weighted by atomic mass is 10.2. The molecule has 1 fully saturated rings. The summed E-state index contributed by atoms with van der Waals surface area (Å²) in [6.45, 7) is 3.20. The largest absolute Gasteiger partial charge is 0.483 e. The molecule has 1 saturated heterocycles. The molecule has 2 aliphatic heterocycles. The minimum atomic E-state index is -0.722. The number of ether oxygens (including phenoxy) is 3. The molecule has 2 heterocycles. The molecule has 0 aromatic heterocycles. The van der Waals surface area contributed by atoms with Crippen molar-refractivity contribution >= 4 is 23.9 Å². The predicted octanol–water partition coefficient (Wildman–Crippen LogP) is 0.625. The number of nitrogens with zero attached hydrogens (tertiary/aromatic N) is 1. The van der Waals surface area contributed by atoms with Gasteiger partial charge in [-0.15, -0.1) is 0 Å². The summed E-state index contributed by atoms with van der Waals surface area (Å²) in [5, 5.41) is 9.70. The van der Waals surface area contributed by atoms with E-state index in [0.717, 1.165) is 13.1 Å². The third-order valence-corrected chi connectivity index (χ3v) is 3.90. The Morgan fingerprint density at radius 3 is 2.57 bits per heavy atom. The third-order valence-electron chi connectivity index (χ3n) is 3.90. The minimum absolute atomic E-state index is 0.0352. The third kappa shape index (κ3) is 6.32. The number of Topliss-reactive ketones (excluding diaryl/α,β-unsaturated/α-hetero) is 1. The maximum absolute atomic E-state index is 12.9. The van der Waals surface area contributed by atoms with E-state index in [0.29, 0.717) is 25.4 Å². The van der Waals surface area contributed by atoms with Crippen molar-refractivity contribution in [2.45, 2.75) is 0 Å². The van der Waals surface area contributed by atoms with Gasteiger partial charge in [0.2, 0.25) is 11.7 Å². The van der Waals surface area contributed by atoms with Gasteiger partial charge in [-0.05, 0) is 24.3 Å². The Morgan fingerprint density at radius 2 is 1.93 bits per heavy atom. The summed E-state index contributed by atoms with van der Waals surface area (Å²) in [5.41, 5.74) is 0.357. The molecule has 0 bridgehead atoms. The first-order valence-electron chi connectivity index (χ1n) is 8.53. The van der Waals surface area contributed by atoms with E-state index in [1.165, 1.54) is 24.3 Å². The van der Waals surface area contributed by atoms with E-state index in [4.69, 9.17) is 24.1 Å². The van der Waals surface area contributed by atoms with E-state index in [1.54, 1.807) is 0 Å². The normalized spacial score (nSPS) is 16.7. The summed E-state index contributed by atoms with van der Waals surface area (Å²) in [6.07, 6.45) is 0.